The number of aromatic nitrogens is 2. The zero-order chi connectivity index (χ0) is 18.2. The van der Waals surface area contributed by atoms with Gasteiger partial charge in [0, 0.05) is 25.5 Å². The highest BCUT2D eigenvalue weighted by Gasteiger charge is 2.12. The zero-order valence-corrected chi connectivity index (χ0v) is 16.3. The third-order valence-electron chi connectivity index (χ3n) is 4.94. The third-order valence-corrected chi connectivity index (χ3v) is 4.94. The summed E-state index contributed by atoms with van der Waals surface area (Å²) in [5.74, 6) is 0. The van der Waals surface area contributed by atoms with Crippen molar-refractivity contribution in [2.45, 2.75) is 59.2 Å². The first kappa shape index (κ1) is 18.6. The van der Waals surface area contributed by atoms with Crippen LogP contribution in [0.25, 0.3) is 0 Å². The summed E-state index contributed by atoms with van der Waals surface area (Å²) in [6.07, 6.45) is 16.0. The molecule has 0 saturated carbocycles. The molecule has 0 radical (unpaired) electrons. The summed E-state index contributed by atoms with van der Waals surface area (Å²) >= 11 is 0. The Kier molecular flexibility index (Phi) is 6.75. The van der Waals surface area contributed by atoms with Crippen LogP contribution < -0.4 is 4.57 Å². The lowest BCUT2D eigenvalue weighted by Crippen LogP contribution is -2.30. The van der Waals surface area contributed by atoms with Gasteiger partial charge in [0.1, 0.15) is 18.9 Å². The van der Waals surface area contributed by atoms with Crippen molar-refractivity contribution in [3.8, 4) is 0 Å². The Balaban J connectivity index is 1.48. The van der Waals surface area contributed by atoms with Crippen LogP contribution in [0.1, 0.15) is 50.7 Å². The van der Waals surface area contributed by atoms with Gasteiger partial charge in [-0.25, -0.2) is 9.13 Å². The number of imidazole rings is 1. The molecule has 0 amide bonds. The minimum atomic E-state index is 0.938. The molecule has 0 saturated heterocycles. The molecule has 26 heavy (non-hydrogen) atoms. The summed E-state index contributed by atoms with van der Waals surface area (Å²) in [6, 6.07) is 9.07. The van der Waals surface area contributed by atoms with E-state index in [1.807, 2.05) is 0 Å². The van der Waals surface area contributed by atoms with Gasteiger partial charge in [0.15, 0.2) is 0 Å². The minimum absolute atomic E-state index is 0.938. The first-order chi connectivity index (χ1) is 12.8. The molecule has 0 N–H and O–H groups in total. The molecule has 0 atom stereocenters. The van der Waals surface area contributed by atoms with Crippen LogP contribution in [0, 0.1) is 0 Å². The number of benzene rings is 1. The first-order valence-corrected chi connectivity index (χ1v) is 10.1. The van der Waals surface area contributed by atoms with Crippen LogP contribution in [0.4, 0.5) is 0 Å². The Morgan fingerprint density at radius 3 is 2.31 bits per heavy atom. The predicted octanol–water partition coefficient (Wildman–Crippen LogP) is 3.97. The Hall–Kier alpha value is -2.23. The van der Waals surface area contributed by atoms with Gasteiger partial charge >= 0.3 is 0 Å². The molecule has 3 rings (SSSR count). The topological polar surface area (TPSA) is 15.3 Å². The monoisotopic (exact) mass is 353 g/mol. The molecule has 4 nitrogen and oxygen atoms in total. The van der Waals surface area contributed by atoms with Crippen LogP contribution in [-0.4, -0.2) is 27.6 Å². The van der Waals surface area contributed by atoms with Crippen LogP contribution >= 0.6 is 0 Å². The van der Waals surface area contributed by atoms with E-state index in [-0.39, 0.29) is 0 Å². The van der Waals surface area contributed by atoms with Crippen LogP contribution in [-0.2, 0) is 19.6 Å². The molecule has 1 aliphatic heterocycles. The minimum Gasteiger partial charge on any atom is -0.359 e. The fraction of sp³-hybridized carbons (Fsp3) is 0.500. The van der Waals surface area contributed by atoms with Gasteiger partial charge in [-0.1, -0.05) is 51.0 Å². The van der Waals surface area contributed by atoms with Crippen LogP contribution in [0.15, 0.2) is 55.4 Å². The molecule has 0 fully saturated rings. The third kappa shape index (κ3) is 5.38. The summed E-state index contributed by atoms with van der Waals surface area (Å²) in [5, 5.41) is 0. The summed E-state index contributed by atoms with van der Waals surface area (Å²) < 4.78 is 4.54. The second-order valence-electron chi connectivity index (χ2n) is 7.35. The highest BCUT2D eigenvalue weighted by Crippen LogP contribution is 2.14. The first-order valence-electron chi connectivity index (χ1n) is 10.1. The van der Waals surface area contributed by atoms with E-state index in [0.29, 0.717) is 0 Å². The van der Waals surface area contributed by atoms with Crippen molar-refractivity contribution in [1.29, 1.82) is 0 Å². The summed E-state index contributed by atoms with van der Waals surface area (Å²) in [6.45, 7) is 9.70. The molecule has 140 valence electrons. The highest BCUT2D eigenvalue weighted by atomic mass is 15.3. The number of unbranched alkanes of at least 4 members (excludes halogenated alkanes) is 2. The van der Waals surface area contributed by atoms with Gasteiger partial charge in [-0.15, -0.1) is 0 Å². The lowest BCUT2D eigenvalue weighted by Gasteiger charge is -2.21. The maximum Gasteiger partial charge on any atom is 0.244 e. The summed E-state index contributed by atoms with van der Waals surface area (Å²) in [5.41, 5.74) is 2.73. The molecule has 1 aromatic carbocycles. The molecule has 0 bridgehead atoms. The van der Waals surface area contributed by atoms with Crippen molar-refractivity contribution < 1.29 is 4.57 Å². The van der Waals surface area contributed by atoms with Gasteiger partial charge in [0.05, 0.1) is 13.2 Å². The van der Waals surface area contributed by atoms with E-state index >= 15 is 0 Å². The van der Waals surface area contributed by atoms with Gasteiger partial charge in [-0.2, -0.15) is 0 Å². The molecule has 0 unspecified atom stereocenters. The van der Waals surface area contributed by atoms with E-state index in [9.17, 15) is 0 Å². The van der Waals surface area contributed by atoms with Crippen molar-refractivity contribution >= 4 is 0 Å². The van der Waals surface area contributed by atoms with Crippen molar-refractivity contribution in [2.75, 3.05) is 13.2 Å². The number of rotatable bonds is 10. The molecule has 2 aromatic rings. The van der Waals surface area contributed by atoms with E-state index in [4.69, 9.17) is 0 Å². The fourth-order valence-corrected chi connectivity index (χ4v) is 3.33. The number of aryl methyl sites for hydroxylation is 1. The average Bonchev–Trinajstić information content (AvgIpc) is 3.29. The van der Waals surface area contributed by atoms with Gasteiger partial charge in [0.25, 0.3) is 0 Å². The van der Waals surface area contributed by atoms with Gasteiger partial charge < -0.3 is 9.80 Å². The van der Waals surface area contributed by atoms with Gasteiger partial charge in [-0.3, -0.25) is 0 Å². The molecule has 0 aliphatic carbocycles. The van der Waals surface area contributed by atoms with E-state index < -0.39 is 0 Å². The van der Waals surface area contributed by atoms with Crippen LogP contribution in [0.3, 0.4) is 0 Å². The molecular formula is C22H33N4+. The highest BCUT2D eigenvalue weighted by molar-refractivity contribution is 5.23. The van der Waals surface area contributed by atoms with Crippen molar-refractivity contribution in [1.82, 2.24) is 14.4 Å². The molecule has 4 heteroatoms. The van der Waals surface area contributed by atoms with Gasteiger partial charge in [0.2, 0.25) is 6.33 Å². The Labute approximate surface area is 158 Å². The normalized spacial score (nSPS) is 13.8. The molecule has 0 spiro atoms. The van der Waals surface area contributed by atoms with E-state index in [0.717, 1.165) is 32.8 Å². The summed E-state index contributed by atoms with van der Waals surface area (Å²) in [7, 11) is 0. The van der Waals surface area contributed by atoms with E-state index in [1.54, 1.807) is 0 Å². The van der Waals surface area contributed by atoms with Gasteiger partial charge in [-0.05, 0) is 24.0 Å². The second-order valence-corrected chi connectivity index (χ2v) is 7.35. The predicted molar refractivity (Wildman–Crippen MR) is 106 cm³/mol. The maximum atomic E-state index is 2.40. The number of hydrogen-bond acceptors (Lipinski definition) is 2. The lowest BCUT2D eigenvalue weighted by molar-refractivity contribution is -0.696. The quantitative estimate of drug-likeness (QED) is 0.601. The van der Waals surface area contributed by atoms with Crippen molar-refractivity contribution in [3.05, 3.63) is 66.5 Å². The standard InChI is InChI=1S/C22H33N4/c1-3-5-11-23-13-15-25(19-23)17-21-7-9-22(10-8-21)18-26-16-14-24(20-26)12-6-4-2/h7-10,13-16,19H,3-6,11-12,17-18,20H2,1-2H3/q+1. The Morgan fingerprint density at radius 1 is 0.885 bits per heavy atom. The molecule has 2 heterocycles. The van der Waals surface area contributed by atoms with E-state index in [2.05, 4.69) is 88.2 Å². The maximum absolute atomic E-state index is 2.40. The average molecular weight is 354 g/mol. The van der Waals surface area contributed by atoms with Crippen molar-refractivity contribution in [3.63, 3.8) is 0 Å². The summed E-state index contributed by atoms with van der Waals surface area (Å²) in [4.78, 5) is 4.78. The largest absolute Gasteiger partial charge is 0.359 e. The Morgan fingerprint density at radius 2 is 1.58 bits per heavy atom. The SMILES string of the molecule is CCCCN1C=CN(Cc2ccc(Cn3cc[n+](CCCC)c3)cc2)C1. The lowest BCUT2D eigenvalue weighted by atomic mass is 10.1. The fourth-order valence-electron chi connectivity index (χ4n) is 3.33. The molecule has 1 aromatic heterocycles. The van der Waals surface area contributed by atoms with E-state index in [1.165, 1.54) is 36.8 Å². The molecule has 1 aliphatic rings. The molecular weight excluding hydrogens is 320 g/mol. The van der Waals surface area contributed by atoms with Crippen molar-refractivity contribution in [2.24, 2.45) is 0 Å². The second kappa shape index (κ2) is 9.46. The zero-order valence-electron chi connectivity index (χ0n) is 16.3. The van der Waals surface area contributed by atoms with Crippen LogP contribution in [0.5, 0.6) is 0 Å². The Bertz CT molecular complexity index is 686. The smallest absolute Gasteiger partial charge is 0.244 e. The number of hydrogen-bond donors (Lipinski definition) is 0. The number of nitrogens with zero attached hydrogens (tertiary/aromatic N) is 4. The van der Waals surface area contributed by atoms with Crippen LogP contribution in [0.2, 0.25) is 0 Å².